The smallest absolute Gasteiger partial charge is 0.155 e. The van der Waals surface area contributed by atoms with Crippen LogP contribution in [0.15, 0.2) is 60.7 Å². The second kappa shape index (κ2) is 16.4. The highest BCUT2D eigenvalue weighted by atomic mass is 16.1. The minimum absolute atomic E-state index is 0.0759. The van der Waals surface area contributed by atoms with Crippen LogP contribution in [0.25, 0.3) is 12.2 Å². The topological polar surface area (TPSA) is 68.3 Å². The summed E-state index contributed by atoms with van der Waals surface area (Å²) in [5, 5.41) is 0. The van der Waals surface area contributed by atoms with Gasteiger partial charge in [-0.1, -0.05) is 60.7 Å². The van der Waals surface area contributed by atoms with Gasteiger partial charge in [-0.05, 0) is 85.8 Å². The summed E-state index contributed by atoms with van der Waals surface area (Å²) < 4.78 is 0. The number of fused-ring (bicyclic) bond motifs is 2. The molecule has 2 aromatic rings. The number of rotatable bonds is 0. The van der Waals surface area contributed by atoms with Gasteiger partial charge >= 0.3 is 0 Å². The summed E-state index contributed by atoms with van der Waals surface area (Å²) in [5.41, 5.74) is 4.29. The Bertz CT molecular complexity index is 1060. The van der Waals surface area contributed by atoms with Crippen molar-refractivity contribution < 1.29 is 19.2 Å². The summed E-state index contributed by atoms with van der Waals surface area (Å²) in [4.78, 5) is 49.5. The summed E-state index contributed by atoms with van der Waals surface area (Å²) in [6, 6.07) is 16.0. The molecule has 200 valence electrons. The van der Waals surface area contributed by atoms with E-state index in [2.05, 4.69) is 0 Å². The Labute approximate surface area is 227 Å². The van der Waals surface area contributed by atoms with Crippen molar-refractivity contribution in [2.75, 3.05) is 0 Å². The van der Waals surface area contributed by atoms with Gasteiger partial charge in [0.15, 0.2) is 11.6 Å². The van der Waals surface area contributed by atoms with Gasteiger partial charge in [-0.15, -0.1) is 0 Å². The molecule has 2 aromatic carbocycles. The third-order valence-electron chi connectivity index (χ3n) is 7.07. The second-order valence-electron chi connectivity index (χ2n) is 10.2. The van der Waals surface area contributed by atoms with Crippen LogP contribution in [0.3, 0.4) is 0 Å². The molecule has 0 heterocycles. The first-order valence-electron chi connectivity index (χ1n) is 14.1. The van der Waals surface area contributed by atoms with Crippen molar-refractivity contribution in [3.8, 4) is 0 Å². The maximum absolute atomic E-state index is 12.4. The number of hydrogen-bond donors (Lipinski definition) is 0. The number of benzene rings is 2. The van der Waals surface area contributed by atoms with Crippen molar-refractivity contribution in [1.29, 1.82) is 0 Å². The average molecular weight is 513 g/mol. The summed E-state index contributed by atoms with van der Waals surface area (Å²) in [7, 11) is 0. The zero-order chi connectivity index (χ0) is 27.0. The molecule has 0 aromatic heterocycles. The molecule has 0 atom stereocenters. The molecule has 0 N–H and O–H groups in total. The maximum atomic E-state index is 12.4. The molecule has 1 aliphatic carbocycles. The Morgan fingerprint density at radius 3 is 1.18 bits per heavy atom. The molecule has 0 fully saturated rings. The van der Waals surface area contributed by atoms with Crippen LogP contribution in [0, 0.1) is 0 Å². The minimum atomic E-state index is 0.0759. The van der Waals surface area contributed by atoms with Gasteiger partial charge in [-0.3, -0.25) is 19.2 Å². The van der Waals surface area contributed by atoms with E-state index >= 15 is 0 Å². The molecule has 0 unspecified atom stereocenters. The van der Waals surface area contributed by atoms with Crippen LogP contribution in [0.4, 0.5) is 0 Å². The molecule has 4 heteroatoms. The van der Waals surface area contributed by atoms with E-state index in [1.165, 1.54) is 0 Å². The number of carbonyl (C=O) groups excluding carboxylic acids is 4. The molecule has 0 spiro atoms. The predicted molar refractivity (Wildman–Crippen MR) is 154 cm³/mol. The van der Waals surface area contributed by atoms with Gasteiger partial charge in [-0.25, -0.2) is 0 Å². The Morgan fingerprint density at radius 2 is 0.737 bits per heavy atom. The van der Waals surface area contributed by atoms with Crippen molar-refractivity contribution in [2.24, 2.45) is 0 Å². The van der Waals surface area contributed by atoms with Crippen molar-refractivity contribution in [2.45, 2.75) is 89.9 Å². The maximum Gasteiger partial charge on any atom is 0.155 e. The molecule has 0 aliphatic heterocycles. The summed E-state index contributed by atoms with van der Waals surface area (Å²) in [6.45, 7) is 0. The molecule has 0 amide bonds. The predicted octanol–water partition coefficient (Wildman–Crippen LogP) is 7.47. The van der Waals surface area contributed by atoms with Gasteiger partial charge < -0.3 is 0 Å². The van der Waals surface area contributed by atoms with E-state index in [-0.39, 0.29) is 23.1 Å². The first-order valence-corrected chi connectivity index (χ1v) is 14.1. The van der Waals surface area contributed by atoms with Crippen LogP contribution in [0.1, 0.15) is 99.3 Å². The third kappa shape index (κ3) is 10.9. The van der Waals surface area contributed by atoms with Crippen LogP contribution in [-0.2, 0) is 32.0 Å². The highest BCUT2D eigenvalue weighted by Crippen LogP contribution is 2.17. The van der Waals surface area contributed by atoms with E-state index in [9.17, 15) is 19.2 Å². The minimum Gasteiger partial charge on any atom is -0.300 e. The van der Waals surface area contributed by atoms with Crippen LogP contribution in [0.2, 0.25) is 0 Å². The summed E-state index contributed by atoms with van der Waals surface area (Å²) in [5.74, 6) is 0.633. The van der Waals surface area contributed by atoms with Gasteiger partial charge in [-0.2, -0.15) is 0 Å². The summed E-state index contributed by atoms with van der Waals surface area (Å²) in [6.07, 6.45) is 16.0. The first kappa shape index (κ1) is 29.2. The van der Waals surface area contributed by atoms with Gasteiger partial charge in [0.25, 0.3) is 0 Å². The SMILES string of the molecule is O=C1/C=C/c2ccccc2CCCC(=O)CCCCC(=O)/C=C/c2ccccc2CCCC(=O)CCCC1. The van der Waals surface area contributed by atoms with Crippen molar-refractivity contribution in [3.05, 3.63) is 82.9 Å². The van der Waals surface area contributed by atoms with Crippen LogP contribution in [-0.4, -0.2) is 23.1 Å². The van der Waals surface area contributed by atoms with Gasteiger partial charge in [0.05, 0.1) is 0 Å². The molecule has 0 saturated carbocycles. The normalized spacial score (nSPS) is 19.8. The number of allylic oxidation sites excluding steroid dienone is 2. The van der Waals surface area contributed by atoms with Crippen molar-refractivity contribution >= 4 is 35.3 Å². The Balaban J connectivity index is 1.61. The lowest BCUT2D eigenvalue weighted by molar-refractivity contribution is -0.120. The number of carbonyl (C=O) groups is 4. The van der Waals surface area contributed by atoms with E-state index in [0.717, 1.165) is 60.8 Å². The number of ketones is 4. The Hall–Kier alpha value is -3.40. The van der Waals surface area contributed by atoms with Crippen LogP contribution in [0.5, 0.6) is 0 Å². The van der Waals surface area contributed by atoms with Crippen molar-refractivity contribution in [1.82, 2.24) is 0 Å². The average Bonchev–Trinajstić information content (AvgIpc) is 2.92. The van der Waals surface area contributed by atoms with E-state index in [1.54, 1.807) is 12.2 Å². The largest absolute Gasteiger partial charge is 0.300 e. The lowest BCUT2D eigenvalue weighted by Crippen LogP contribution is -2.01. The molecule has 3 rings (SSSR count). The van der Waals surface area contributed by atoms with E-state index in [1.807, 2.05) is 60.7 Å². The summed E-state index contributed by atoms with van der Waals surface area (Å²) >= 11 is 0. The highest BCUT2D eigenvalue weighted by Gasteiger charge is 2.08. The molecule has 0 saturated heterocycles. The molecule has 38 heavy (non-hydrogen) atoms. The quantitative estimate of drug-likeness (QED) is 0.367. The third-order valence-corrected chi connectivity index (χ3v) is 7.07. The molecular formula is C34H40O4. The van der Waals surface area contributed by atoms with E-state index in [4.69, 9.17) is 0 Å². The zero-order valence-corrected chi connectivity index (χ0v) is 22.5. The molecule has 4 nitrogen and oxygen atoms in total. The lowest BCUT2D eigenvalue weighted by Gasteiger charge is -2.07. The molecule has 1 aliphatic rings. The number of aryl methyl sites for hydroxylation is 2. The van der Waals surface area contributed by atoms with Crippen LogP contribution < -0.4 is 0 Å². The fraction of sp³-hybridized carbons (Fsp3) is 0.412. The fourth-order valence-electron chi connectivity index (χ4n) is 4.83. The molecule has 0 radical (unpaired) electrons. The second-order valence-corrected chi connectivity index (χ2v) is 10.2. The van der Waals surface area contributed by atoms with E-state index < -0.39 is 0 Å². The lowest BCUT2D eigenvalue weighted by atomic mass is 9.98. The number of Topliss-reactive ketones (excluding diaryl/α,β-unsaturated/α-hetero) is 2. The van der Waals surface area contributed by atoms with Gasteiger partial charge in [0.2, 0.25) is 0 Å². The molecular weight excluding hydrogens is 472 g/mol. The highest BCUT2D eigenvalue weighted by molar-refractivity contribution is 5.94. The Morgan fingerprint density at radius 1 is 0.368 bits per heavy atom. The van der Waals surface area contributed by atoms with Crippen molar-refractivity contribution in [3.63, 3.8) is 0 Å². The monoisotopic (exact) mass is 512 g/mol. The fourth-order valence-corrected chi connectivity index (χ4v) is 4.83. The first-order chi connectivity index (χ1) is 18.5. The van der Waals surface area contributed by atoms with Gasteiger partial charge in [0.1, 0.15) is 11.6 Å². The molecule has 0 bridgehead atoms. The Kier molecular flexibility index (Phi) is 12.6. The van der Waals surface area contributed by atoms with E-state index in [0.29, 0.717) is 51.4 Å². The van der Waals surface area contributed by atoms with Crippen LogP contribution >= 0.6 is 0 Å². The standard InChI is InChI=1S/C34H40O4/c35-31-17-5-8-20-34(38)26-24-30-14-4-2-12-28(30)16-10-22-32(36)18-6-7-19-33(37)25-23-29-13-3-1-11-27(29)15-9-21-31/h1-4,11-14,23-26H,5-10,15-22H2/b25-23+,26-24+. The zero-order valence-electron chi connectivity index (χ0n) is 22.5. The number of hydrogen-bond acceptors (Lipinski definition) is 4. The van der Waals surface area contributed by atoms with Gasteiger partial charge in [0, 0.05) is 38.5 Å².